The summed E-state index contributed by atoms with van der Waals surface area (Å²) in [5.41, 5.74) is 5.66. The van der Waals surface area contributed by atoms with Crippen LogP contribution in [0, 0.1) is 12.3 Å². The number of aliphatic imine (C=N–C) groups is 1. The highest BCUT2D eigenvalue weighted by atomic mass is 127. The number of nitrogens with two attached hydrogens (primary N) is 1. The first kappa shape index (κ1) is 17.9. The molecule has 0 aromatic carbocycles. The Morgan fingerprint density at radius 3 is 2.81 bits per heavy atom. The third-order valence-electron chi connectivity index (χ3n) is 1.82. The molecule has 0 aliphatic heterocycles. The average Bonchev–Trinajstić information content (AvgIpc) is 2.17. The Labute approximate surface area is 115 Å². The van der Waals surface area contributed by atoms with Crippen molar-refractivity contribution in [3.63, 3.8) is 0 Å². The van der Waals surface area contributed by atoms with Crippen molar-refractivity contribution in [1.82, 2.24) is 5.32 Å². The first-order chi connectivity index (χ1) is 7.20. The van der Waals surface area contributed by atoms with Gasteiger partial charge in [0.25, 0.3) is 0 Å². The van der Waals surface area contributed by atoms with Gasteiger partial charge in [0, 0.05) is 26.1 Å². The number of guanidine groups is 1. The van der Waals surface area contributed by atoms with Gasteiger partial charge in [0.2, 0.25) is 0 Å². The number of hydrogen-bond acceptors (Lipinski definition) is 2. The minimum absolute atomic E-state index is 0. The number of nitrogens with zero attached hydrogens (tertiary/aromatic N) is 1. The molecular weight excluding hydrogens is 317 g/mol. The lowest BCUT2D eigenvalue weighted by Crippen LogP contribution is -2.40. The summed E-state index contributed by atoms with van der Waals surface area (Å²) in [4.78, 5) is 4.18. The van der Waals surface area contributed by atoms with Crippen molar-refractivity contribution in [2.45, 2.75) is 32.2 Å². The van der Waals surface area contributed by atoms with Crippen LogP contribution in [0.1, 0.15) is 26.2 Å². The number of methoxy groups -OCH3 is 1. The Morgan fingerprint density at radius 1 is 1.56 bits per heavy atom. The second-order valence-electron chi connectivity index (χ2n) is 3.43. The maximum absolute atomic E-state index is 5.66. The lowest BCUT2D eigenvalue weighted by atomic mass is 10.2. The summed E-state index contributed by atoms with van der Waals surface area (Å²) in [6.45, 7) is 3.33. The highest BCUT2D eigenvalue weighted by Gasteiger charge is 2.00. The van der Waals surface area contributed by atoms with Crippen molar-refractivity contribution < 1.29 is 4.74 Å². The van der Waals surface area contributed by atoms with E-state index in [0.29, 0.717) is 12.6 Å². The molecule has 0 aliphatic rings. The number of halogens is 1. The summed E-state index contributed by atoms with van der Waals surface area (Å²) < 4.78 is 4.97. The normalized spacial score (nSPS) is 12.4. The minimum Gasteiger partial charge on any atom is -0.383 e. The molecule has 0 fully saturated rings. The fraction of sp³-hybridized carbons (Fsp3) is 0.727. The predicted molar refractivity (Wildman–Crippen MR) is 79.1 cm³/mol. The van der Waals surface area contributed by atoms with Crippen molar-refractivity contribution in [3.05, 3.63) is 0 Å². The van der Waals surface area contributed by atoms with E-state index in [2.05, 4.69) is 16.2 Å². The highest BCUT2D eigenvalue weighted by Crippen LogP contribution is 1.93. The molecule has 3 N–H and O–H groups in total. The molecule has 0 amide bonds. The Bertz CT molecular complexity index is 226. The zero-order valence-corrected chi connectivity index (χ0v) is 12.4. The lowest BCUT2D eigenvalue weighted by Gasteiger charge is -2.12. The van der Waals surface area contributed by atoms with Crippen molar-refractivity contribution in [2.75, 3.05) is 20.3 Å². The van der Waals surface area contributed by atoms with Gasteiger partial charge in [0.15, 0.2) is 5.96 Å². The van der Waals surface area contributed by atoms with Gasteiger partial charge in [0.05, 0.1) is 6.61 Å². The monoisotopic (exact) mass is 339 g/mol. The molecule has 5 heteroatoms. The van der Waals surface area contributed by atoms with Crippen LogP contribution in [0.15, 0.2) is 4.99 Å². The molecule has 0 saturated carbocycles. The van der Waals surface area contributed by atoms with Crippen LogP contribution >= 0.6 is 24.0 Å². The molecule has 0 rings (SSSR count). The molecule has 4 nitrogen and oxygen atoms in total. The minimum atomic E-state index is 0. The van der Waals surface area contributed by atoms with Crippen molar-refractivity contribution in [1.29, 1.82) is 0 Å². The zero-order valence-electron chi connectivity index (χ0n) is 10.0. The van der Waals surface area contributed by atoms with Crippen LogP contribution in [0.4, 0.5) is 0 Å². The van der Waals surface area contributed by atoms with Crippen LogP contribution in [-0.2, 0) is 4.74 Å². The van der Waals surface area contributed by atoms with Gasteiger partial charge in [-0.3, -0.25) is 4.99 Å². The van der Waals surface area contributed by atoms with E-state index in [-0.39, 0.29) is 30.0 Å². The summed E-state index contributed by atoms with van der Waals surface area (Å²) in [6.07, 6.45) is 7.92. The molecule has 0 aliphatic carbocycles. The predicted octanol–water partition coefficient (Wildman–Crippen LogP) is 1.35. The number of terminal acetylenes is 1. The van der Waals surface area contributed by atoms with E-state index >= 15 is 0 Å². The largest absolute Gasteiger partial charge is 0.383 e. The molecule has 94 valence electrons. The maximum Gasteiger partial charge on any atom is 0.188 e. The second kappa shape index (κ2) is 12.6. The Morgan fingerprint density at radius 2 is 2.25 bits per heavy atom. The summed E-state index contributed by atoms with van der Waals surface area (Å²) in [7, 11) is 1.66. The van der Waals surface area contributed by atoms with Crippen LogP contribution in [-0.4, -0.2) is 32.3 Å². The SMILES string of the molecule is C#CCCCCN=C(N)NC(C)COC.I. The first-order valence-electron chi connectivity index (χ1n) is 5.19. The fourth-order valence-corrected chi connectivity index (χ4v) is 1.13. The van der Waals surface area contributed by atoms with Crippen molar-refractivity contribution >= 4 is 29.9 Å². The number of ether oxygens (including phenoxy) is 1. The molecule has 0 spiro atoms. The van der Waals surface area contributed by atoms with E-state index in [1.165, 1.54) is 0 Å². The smallest absolute Gasteiger partial charge is 0.188 e. The van der Waals surface area contributed by atoms with Crippen LogP contribution in [0.2, 0.25) is 0 Å². The van der Waals surface area contributed by atoms with E-state index in [4.69, 9.17) is 16.9 Å². The lowest BCUT2D eigenvalue weighted by molar-refractivity contribution is 0.179. The van der Waals surface area contributed by atoms with Crippen LogP contribution in [0.5, 0.6) is 0 Å². The van der Waals surface area contributed by atoms with Crippen LogP contribution in [0.25, 0.3) is 0 Å². The molecule has 0 aromatic heterocycles. The van der Waals surface area contributed by atoms with Crippen LogP contribution < -0.4 is 11.1 Å². The number of rotatable bonds is 7. The number of hydrogen-bond donors (Lipinski definition) is 2. The van der Waals surface area contributed by atoms with E-state index in [9.17, 15) is 0 Å². The van der Waals surface area contributed by atoms with Gasteiger partial charge < -0.3 is 15.8 Å². The first-order valence-corrected chi connectivity index (χ1v) is 5.19. The van der Waals surface area contributed by atoms with Crippen LogP contribution in [0.3, 0.4) is 0 Å². The third kappa shape index (κ3) is 11.6. The second-order valence-corrected chi connectivity index (χ2v) is 3.43. The molecule has 0 radical (unpaired) electrons. The highest BCUT2D eigenvalue weighted by molar-refractivity contribution is 14.0. The van der Waals surface area contributed by atoms with Crippen molar-refractivity contribution in [3.8, 4) is 12.3 Å². The molecule has 16 heavy (non-hydrogen) atoms. The maximum atomic E-state index is 5.66. The van der Waals surface area contributed by atoms with Gasteiger partial charge >= 0.3 is 0 Å². The van der Waals surface area contributed by atoms with Gasteiger partial charge in [-0.15, -0.1) is 36.3 Å². The van der Waals surface area contributed by atoms with E-state index in [1.807, 2.05) is 6.92 Å². The number of nitrogens with one attached hydrogen (secondary N) is 1. The molecule has 0 heterocycles. The van der Waals surface area contributed by atoms with Gasteiger partial charge in [-0.1, -0.05) is 0 Å². The fourth-order valence-electron chi connectivity index (χ4n) is 1.13. The number of unbranched alkanes of at least 4 members (excludes halogenated alkanes) is 2. The van der Waals surface area contributed by atoms with Crippen molar-refractivity contribution in [2.24, 2.45) is 10.7 Å². The molecule has 0 saturated heterocycles. The van der Waals surface area contributed by atoms with E-state index < -0.39 is 0 Å². The third-order valence-corrected chi connectivity index (χ3v) is 1.82. The zero-order chi connectivity index (χ0) is 11.5. The standard InChI is InChI=1S/C11H21N3O.HI/c1-4-5-6-7-8-13-11(12)14-10(2)9-15-3;/h1,10H,5-9H2,2-3H3,(H3,12,13,14);1H. The average molecular weight is 339 g/mol. The quantitative estimate of drug-likeness (QED) is 0.242. The van der Waals surface area contributed by atoms with Gasteiger partial charge in [-0.2, -0.15) is 0 Å². The summed E-state index contributed by atoms with van der Waals surface area (Å²) in [5.74, 6) is 3.07. The van der Waals surface area contributed by atoms with Gasteiger partial charge in [0.1, 0.15) is 0 Å². The summed E-state index contributed by atoms with van der Waals surface area (Å²) in [5, 5.41) is 3.03. The Balaban J connectivity index is 0. The summed E-state index contributed by atoms with van der Waals surface area (Å²) in [6, 6.07) is 0.185. The van der Waals surface area contributed by atoms with Gasteiger partial charge in [-0.05, 0) is 19.8 Å². The molecule has 0 aromatic rings. The molecule has 0 bridgehead atoms. The van der Waals surface area contributed by atoms with E-state index in [1.54, 1.807) is 7.11 Å². The topological polar surface area (TPSA) is 59.6 Å². The van der Waals surface area contributed by atoms with E-state index in [0.717, 1.165) is 25.8 Å². The summed E-state index contributed by atoms with van der Waals surface area (Å²) >= 11 is 0. The Hall–Kier alpha value is -0.480. The molecule has 1 atom stereocenters. The molecular formula is C11H22IN3O. The molecule has 1 unspecified atom stereocenters. The Kier molecular flexibility index (Phi) is 14.1. The van der Waals surface area contributed by atoms with Gasteiger partial charge in [-0.25, -0.2) is 0 Å².